The van der Waals surface area contributed by atoms with Gasteiger partial charge in [0.15, 0.2) is 5.83 Å². The Labute approximate surface area is 326 Å². The largest absolute Gasteiger partial charge is 0.428 e. The third kappa shape index (κ3) is 9.03. The number of hydrogen-bond acceptors (Lipinski definition) is 4. The lowest BCUT2D eigenvalue weighted by atomic mass is 10.1. The van der Waals surface area contributed by atoms with Crippen LogP contribution in [0.5, 0.6) is 5.75 Å². The van der Waals surface area contributed by atoms with Crippen molar-refractivity contribution in [2.75, 3.05) is 14.7 Å². The van der Waals surface area contributed by atoms with E-state index in [9.17, 15) is 26.3 Å². The van der Waals surface area contributed by atoms with E-state index in [-0.39, 0.29) is 5.75 Å². The zero-order chi connectivity index (χ0) is 39.7. The van der Waals surface area contributed by atoms with Crippen LogP contribution in [0.25, 0.3) is 0 Å². The number of allylic oxidation sites excluding steroid dienone is 1. The number of nitrogens with zero attached hydrogens (tertiary/aromatic N) is 3. The molecule has 0 fully saturated rings. The Morgan fingerprint density at radius 3 is 0.912 bits per heavy atom. The van der Waals surface area contributed by atoms with Crippen molar-refractivity contribution in [2.24, 2.45) is 0 Å². The lowest BCUT2D eigenvalue weighted by Crippen LogP contribution is -2.13. The van der Waals surface area contributed by atoms with Gasteiger partial charge >= 0.3 is 18.2 Å². The van der Waals surface area contributed by atoms with Gasteiger partial charge in [0, 0.05) is 57.6 Å². The Bertz CT molecular complexity index is 2280. The van der Waals surface area contributed by atoms with E-state index in [1.54, 1.807) is 36.4 Å². The number of benzene rings is 7. The van der Waals surface area contributed by atoms with E-state index in [4.69, 9.17) is 0 Å². The molecule has 7 rings (SSSR count). The predicted octanol–water partition coefficient (Wildman–Crippen LogP) is 15.1. The first-order valence-electron chi connectivity index (χ1n) is 17.8. The van der Waals surface area contributed by atoms with Crippen molar-refractivity contribution in [1.82, 2.24) is 0 Å². The summed E-state index contributed by atoms with van der Waals surface area (Å²) in [7, 11) is 0. The Balaban J connectivity index is 1.22. The Kier molecular flexibility index (Phi) is 11.7. The van der Waals surface area contributed by atoms with Crippen molar-refractivity contribution in [1.29, 1.82) is 0 Å². The van der Waals surface area contributed by atoms with E-state index < -0.39 is 30.4 Å². The molecule has 0 saturated heterocycles. The van der Waals surface area contributed by atoms with Crippen LogP contribution in [-0.4, -0.2) is 0 Å². The summed E-state index contributed by atoms with van der Waals surface area (Å²) in [5, 5.41) is 0. The highest BCUT2D eigenvalue weighted by Gasteiger charge is 2.19. The van der Waals surface area contributed by atoms with Gasteiger partial charge in [0.25, 0.3) is 0 Å². The maximum absolute atomic E-state index is 13.7. The summed E-state index contributed by atoms with van der Waals surface area (Å²) in [6, 6.07) is 56.2. The van der Waals surface area contributed by atoms with E-state index in [1.807, 2.05) is 149 Å². The van der Waals surface area contributed by atoms with Gasteiger partial charge in [-0.15, -0.1) is 0 Å². The molecular formula is C47H33F6N3O. The Hall–Kier alpha value is -7.20. The lowest BCUT2D eigenvalue weighted by Gasteiger charge is -2.29. The zero-order valence-electron chi connectivity index (χ0n) is 30.1. The molecule has 7 aromatic rings. The van der Waals surface area contributed by atoms with Crippen LogP contribution in [-0.2, 0) is 6.42 Å². The summed E-state index contributed by atoms with van der Waals surface area (Å²) in [6.45, 7) is 0. The molecule has 284 valence electrons. The third-order valence-corrected chi connectivity index (χ3v) is 8.99. The fourth-order valence-corrected chi connectivity index (χ4v) is 6.39. The minimum Gasteiger partial charge on any atom is -0.428 e. The molecule has 0 aliphatic heterocycles. The van der Waals surface area contributed by atoms with E-state index in [2.05, 4.69) is 9.64 Å². The summed E-state index contributed by atoms with van der Waals surface area (Å²) in [6.07, 6.45) is -5.34. The molecule has 4 nitrogen and oxygen atoms in total. The predicted molar refractivity (Wildman–Crippen MR) is 216 cm³/mol. The second-order valence-corrected chi connectivity index (χ2v) is 12.7. The average molecular weight is 770 g/mol. The van der Waals surface area contributed by atoms with E-state index in [0.29, 0.717) is 11.3 Å². The van der Waals surface area contributed by atoms with E-state index in [1.165, 1.54) is 12.1 Å². The molecule has 0 aromatic heterocycles. The highest BCUT2D eigenvalue weighted by molar-refractivity contribution is 5.83. The first-order valence-corrected chi connectivity index (χ1v) is 17.8. The number of rotatable bonds is 13. The molecule has 0 N–H and O–H groups in total. The molecule has 10 heteroatoms. The summed E-state index contributed by atoms with van der Waals surface area (Å²) in [4.78, 5) is 6.13. The fraction of sp³-hybridized carbons (Fsp3) is 0.0213. The smallest absolute Gasteiger partial charge is 0.344 e. The van der Waals surface area contributed by atoms with Crippen molar-refractivity contribution in [3.8, 4) is 5.75 Å². The van der Waals surface area contributed by atoms with Crippen LogP contribution in [0, 0.1) is 0 Å². The number of anilines is 9. The monoisotopic (exact) mass is 769 g/mol. The van der Waals surface area contributed by atoms with Crippen LogP contribution in [0.15, 0.2) is 212 Å². The molecule has 0 bridgehead atoms. The molecule has 0 heterocycles. The van der Waals surface area contributed by atoms with Crippen molar-refractivity contribution < 1.29 is 31.1 Å². The van der Waals surface area contributed by atoms with Gasteiger partial charge in [0.05, 0.1) is 0 Å². The highest BCUT2D eigenvalue weighted by Crippen LogP contribution is 2.41. The summed E-state index contributed by atoms with van der Waals surface area (Å²) in [5.41, 5.74) is 7.90. The van der Waals surface area contributed by atoms with Crippen LogP contribution in [0.1, 0.15) is 5.56 Å². The van der Waals surface area contributed by atoms with E-state index >= 15 is 0 Å². The van der Waals surface area contributed by atoms with Crippen LogP contribution in [0.2, 0.25) is 0 Å². The van der Waals surface area contributed by atoms with Gasteiger partial charge < -0.3 is 19.4 Å². The minimum absolute atomic E-state index is 0.0703. The molecule has 0 unspecified atom stereocenters. The Morgan fingerprint density at radius 1 is 0.333 bits per heavy atom. The molecule has 0 spiro atoms. The SMILES string of the molecule is FC(F)=C(F)Cc1ccc(N(c2ccccc2)c2ccc(N(c3ccccc3)c3ccc(N(c4ccccc4)c4ccc(OC(F)=C(F)F)cc4)cc3)cc2)cc1. The van der Waals surface area contributed by atoms with Crippen LogP contribution in [0.3, 0.4) is 0 Å². The molecule has 0 saturated carbocycles. The van der Waals surface area contributed by atoms with Gasteiger partial charge in [-0.25, -0.2) is 4.39 Å². The maximum Gasteiger partial charge on any atom is 0.344 e. The van der Waals surface area contributed by atoms with Crippen LogP contribution >= 0.6 is 0 Å². The second-order valence-electron chi connectivity index (χ2n) is 12.7. The van der Waals surface area contributed by atoms with Gasteiger partial charge in [-0.05, 0) is 127 Å². The molecule has 0 aliphatic rings. The topological polar surface area (TPSA) is 19.0 Å². The molecule has 0 atom stereocenters. The summed E-state index contributed by atoms with van der Waals surface area (Å²) in [5.74, 6) is -1.52. The van der Waals surface area contributed by atoms with Gasteiger partial charge in [0.2, 0.25) is 0 Å². The second kappa shape index (κ2) is 17.5. The summed E-state index contributed by atoms with van der Waals surface area (Å²) >= 11 is 0. The minimum atomic E-state index is -2.54. The molecule has 0 radical (unpaired) electrons. The quantitative estimate of drug-likeness (QED) is 0.0859. The van der Waals surface area contributed by atoms with Gasteiger partial charge in [-0.2, -0.15) is 22.0 Å². The molecule has 57 heavy (non-hydrogen) atoms. The van der Waals surface area contributed by atoms with Crippen molar-refractivity contribution >= 4 is 51.2 Å². The maximum atomic E-state index is 13.7. The van der Waals surface area contributed by atoms with Crippen molar-refractivity contribution in [3.05, 3.63) is 218 Å². The van der Waals surface area contributed by atoms with Gasteiger partial charge in [-0.3, -0.25) is 0 Å². The number of ether oxygens (including phenoxy) is 1. The molecular weight excluding hydrogens is 737 g/mol. The van der Waals surface area contributed by atoms with Gasteiger partial charge in [0.1, 0.15) is 5.75 Å². The number of hydrogen-bond donors (Lipinski definition) is 0. The lowest BCUT2D eigenvalue weighted by molar-refractivity contribution is 0.241. The van der Waals surface area contributed by atoms with Crippen LogP contribution in [0.4, 0.5) is 77.5 Å². The number of para-hydroxylation sites is 3. The first kappa shape index (κ1) is 38.1. The van der Waals surface area contributed by atoms with Crippen molar-refractivity contribution in [2.45, 2.75) is 6.42 Å². The fourth-order valence-electron chi connectivity index (χ4n) is 6.39. The zero-order valence-corrected chi connectivity index (χ0v) is 30.1. The average Bonchev–Trinajstić information content (AvgIpc) is 3.24. The van der Waals surface area contributed by atoms with Crippen molar-refractivity contribution in [3.63, 3.8) is 0 Å². The third-order valence-electron chi connectivity index (χ3n) is 8.99. The number of halogens is 6. The molecule has 0 aliphatic carbocycles. The normalized spacial score (nSPS) is 10.7. The molecule has 7 aromatic carbocycles. The first-order chi connectivity index (χ1) is 27.7. The molecule has 0 amide bonds. The highest BCUT2D eigenvalue weighted by atomic mass is 19.3. The Morgan fingerprint density at radius 2 is 0.614 bits per heavy atom. The van der Waals surface area contributed by atoms with Crippen LogP contribution < -0.4 is 19.4 Å². The standard InChI is InChI=1S/C47H33F6N3O/c48-44(45(49)50)32-33-16-18-37(19-17-33)54(34-10-4-1-5-11-34)38-20-22-39(23-21-38)55(35-12-6-2-7-13-35)40-24-26-41(27-25-40)56(36-14-8-3-9-15-36)42-28-30-43(31-29-42)57-47(53)46(51)52/h1-31H,32H2. The van der Waals surface area contributed by atoms with Gasteiger partial charge in [-0.1, -0.05) is 66.7 Å². The summed E-state index contributed by atoms with van der Waals surface area (Å²) < 4.78 is 82.6. The van der Waals surface area contributed by atoms with E-state index in [0.717, 1.165) is 45.5 Å².